The van der Waals surface area contributed by atoms with Crippen molar-refractivity contribution in [1.82, 2.24) is 5.32 Å². The van der Waals surface area contributed by atoms with Crippen molar-refractivity contribution in [3.05, 3.63) is 29.6 Å². The standard InChI is InChI=1S/C13H16FNO4/c1-7(2)11(13(17)18)15-12(16)8-4-5-10(19-3)9(14)6-8/h4-7,11H,1-3H3,(H,15,16)(H,17,18)/t11-/m0/s1. The number of halogens is 1. The topological polar surface area (TPSA) is 75.6 Å². The van der Waals surface area contributed by atoms with E-state index in [1.54, 1.807) is 13.8 Å². The molecular weight excluding hydrogens is 253 g/mol. The Bertz CT molecular complexity index is 488. The van der Waals surface area contributed by atoms with E-state index in [0.29, 0.717) is 0 Å². The lowest BCUT2D eigenvalue weighted by atomic mass is 10.0. The molecule has 0 saturated heterocycles. The van der Waals surface area contributed by atoms with E-state index in [4.69, 9.17) is 9.84 Å². The number of benzene rings is 1. The number of carboxylic acid groups (broad SMARTS) is 1. The summed E-state index contributed by atoms with van der Waals surface area (Å²) in [7, 11) is 1.32. The zero-order chi connectivity index (χ0) is 14.6. The Labute approximate surface area is 110 Å². The normalized spacial score (nSPS) is 12.1. The SMILES string of the molecule is COc1ccc(C(=O)N[C@H](C(=O)O)C(C)C)cc1F. The highest BCUT2D eigenvalue weighted by Gasteiger charge is 2.24. The van der Waals surface area contributed by atoms with Crippen LogP contribution in [0.3, 0.4) is 0 Å². The fraction of sp³-hybridized carbons (Fsp3) is 0.385. The summed E-state index contributed by atoms with van der Waals surface area (Å²) in [4.78, 5) is 22.8. The van der Waals surface area contributed by atoms with E-state index in [0.717, 1.165) is 6.07 Å². The molecule has 1 aromatic rings. The van der Waals surface area contributed by atoms with Crippen LogP contribution in [0.25, 0.3) is 0 Å². The molecule has 6 heteroatoms. The van der Waals surface area contributed by atoms with Crippen LogP contribution in [0.4, 0.5) is 4.39 Å². The summed E-state index contributed by atoms with van der Waals surface area (Å²) in [6, 6.07) is 2.68. The first-order valence-corrected chi connectivity index (χ1v) is 5.74. The molecule has 0 heterocycles. The van der Waals surface area contributed by atoms with Crippen LogP contribution in [0.2, 0.25) is 0 Å². The van der Waals surface area contributed by atoms with Gasteiger partial charge in [0.05, 0.1) is 7.11 Å². The van der Waals surface area contributed by atoms with Crippen molar-refractivity contribution in [3.63, 3.8) is 0 Å². The molecule has 19 heavy (non-hydrogen) atoms. The van der Waals surface area contributed by atoms with Gasteiger partial charge in [-0.1, -0.05) is 13.8 Å². The molecule has 0 spiro atoms. The predicted molar refractivity (Wildman–Crippen MR) is 66.7 cm³/mol. The summed E-state index contributed by atoms with van der Waals surface area (Å²) in [5.74, 6) is -2.69. The summed E-state index contributed by atoms with van der Waals surface area (Å²) in [5.41, 5.74) is 0.0465. The number of ether oxygens (including phenoxy) is 1. The number of carbonyl (C=O) groups excluding carboxylic acids is 1. The molecule has 0 saturated carbocycles. The first-order chi connectivity index (χ1) is 8.86. The highest BCUT2D eigenvalue weighted by Crippen LogP contribution is 2.17. The van der Waals surface area contributed by atoms with Gasteiger partial charge >= 0.3 is 5.97 Å². The number of hydrogen-bond donors (Lipinski definition) is 2. The molecule has 5 nitrogen and oxygen atoms in total. The Balaban J connectivity index is 2.89. The minimum atomic E-state index is -1.13. The molecule has 1 amide bonds. The van der Waals surface area contributed by atoms with E-state index in [9.17, 15) is 14.0 Å². The Morgan fingerprint density at radius 1 is 1.37 bits per heavy atom. The van der Waals surface area contributed by atoms with E-state index in [2.05, 4.69) is 5.32 Å². The molecule has 2 N–H and O–H groups in total. The third-order valence-electron chi connectivity index (χ3n) is 2.63. The largest absolute Gasteiger partial charge is 0.494 e. The molecule has 104 valence electrons. The molecule has 1 rings (SSSR count). The fourth-order valence-electron chi connectivity index (χ4n) is 1.55. The summed E-state index contributed by atoms with van der Waals surface area (Å²) >= 11 is 0. The van der Waals surface area contributed by atoms with Crippen molar-refractivity contribution in [2.75, 3.05) is 7.11 Å². The molecule has 0 aromatic heterocycles. The molecule has 1 aromatic carbocycles. The number of nitrogens with one attached hydrogen (secondary N) is 1. The number of methoxy groups -OCH3 is 1. The van der Waals surface area contributed by atoms with Crippen molar-refractivity contribution >= 4 is 11.9 Å². The lowest BCUT2D eigenvalue weighted by Gasteiger charge is -2.18. The first kappa shape index (κ1) is 14.9. The molecule has 0 unspecified atom stereocenters. The molecule has 0 fully saturated rings. The molecule has 0 aliphatic rings. The highest BCUT2D eigenvalue weighted by atomic mass is 19.1. The van der Waals surface area contributed by atoms with Gasteiger partial charge in [0.25, 0.3) is 5.91 Å². The number of rotatable bonds is 5. The summed E-state index contributed by atoms with van der Waals surface area (Å²) in [6.45, 7) is 3.35. The number of amides is 1. The third-order valence-corrected chi connectivity index (χ3v) is 2.63. The van der Waals surface area contributed by atoms with Crippen molar-refractivity contribution in [1.29, 1.82) is 0 Å². The molecular formula is C13H16FNO4. The van der Waals surface area contributed by atoms with Crippen molar-refractivity contribution in [3.8, 4) is 5.75 Å². The van der Waals surface area contributed by atoms with Crippen LogP contribution in [-0.4, -0.2) is 30.1 Å². The summed E-state index contributed by atoms with van der Waals surface area (Å²) in [5, 5.41) is 11.3. The van der Waals surface area contributed by atoms with Crippen molar-refractivity contribution in [2.24, 2.45) is 5.92 Å². The van der Waals surface area contributed by atoms with Crippen LogP contribution in [0.1, 0.15) is 24.2 Å². The van der Waals surface area contributed by atoms with E-state index in [1.807, 2.05) is 0 Å². The van der Waals surface area contributed by atoms with Crippen LogP contribution < -0.4 is 10.1 Å². The van der Waals surface area contributed by atoms with Gasteiger partial charge in [0.15, 0.2) is 11.6 Å². The average molecular weight is 269 g/mol. The van der Waals surface area contributed by atoms with Crippen LogP contribution in [0, 0.1) is 11.7 Å². The number of hydrogen-bond acceptors (Lipinski definition) is 3. The van der Waals surface area contributed by atoms with E-state index in [1.165, 1.54) is 19.2 Å². The van der Waals surface area contributed by atoms with Gasteiger partial charge < -0.3 is 15.2 Å². The van der Waals surface area contributed by atoms with Crippen molar-refractivity contribution in [2.45, 2.75) is 19.9 Å². The van der Waals surface area contributed by atoms with Gasteiger partial charge in [-0.25, -0.2) is 9.18 Å². The van der Waals surface area contributed by atoms with Crippen LogP contribution in [0.5, 0.6) is 5.75 Å². The first-order valence-electron chi connectivity index (χ1n) is 5.74. The number of carboxylic acids is 1. The molecule has 0 aliphatic heterocycles. The summed E-state index contributed by atoms with van der Waals surface area (Å²) in [6.07, 6.45) is 0. The van der Waals surface area contributed by atoms with E-state index in [-0.39, 0.29) is 17.2 Å². The third kappa shape index (κ3) is 3.67. The lowest BCUT2D eigenvalue weighted by Crippen LogP contribution is -2.44. The Morgan fingerprint density at radius 3 is 2.42 bits per heavy atom. The van der Waals surface area contributed by atoms with Gasteiger partial charge in [0.1, 0.15) is 6.04 Å². The van der Waals surface area contributed by atoms with Gasteiger partial charge in [-0.3, -0.25) is 4.79 Å². The van der Waals surface area contributed by atoms with Gasteiger partial charge in [0.2, 0.25) is 0 Å². The predicted octanol–water partition coefficient (Wildman–Crippen LogP) is 1.67. The van der Waals surface area contributed by atoms with E-state index < -0.39 is 23.7 Å². The van der Waals surface area contributed by atoms with Crippen LogP contribution >= 0.6 is 0 Å². The smallest absolute Gasteiger partial charge is 0.326 e. The maximum absolute atomic E-state index is 13.4. The Morgan fingerprint density at radius 2 is 2.00 bits per heavy atom. The zero-order valence-electron chi connectivity index (χ0n) is 10.9. The average Bonchev–Trinajstić information content (AvgIpc) is 2.34. The zero-order valence-corrected chi connectivity index (χ0v) is 10.9. The Hall–Kier alpha value is -2.11. The number of aliphatic carboxylic acids is 1. The second-order valence-electron chi connectivity index (χ2n) is 4.38. The van der Waals surface area contributed by atoms with Gasteiger partial charge in [-0.05, 0) is 24.1 Å². The maximum Gasteiger partial charge on any atom is 0.326 e. The van der Waals surface area contributed by atoms with Gasteiger partial charge in [0, 0.05) is 5.56 Å². The second-order valence-corrected chi connectivity index (χ2v) is 4.38. The summed E-state index contributed by atoms with van der Waals surface area (Å²) < 4.78 is 18.2. The maximum atomic E-state index is 13.4. The van der Waals surface area contributed by atoms with Crippen molar-refractivity contribution < 1.29 is 23.8 Å². The lowest BCUT2D eigenvalue weighted by molar-refractivity contribution is -0.140. The van der Waals surface area contributed by atoms with Crippen LogP contribution in [-0.2, 0) is 4.79 Å². The number of carbonyl (C=O) groups is 2. The van der Waals surface area contributed by atoms with Gasteiger partial charge in [-0.15, -0.1) is 0 Å². The van der Waals surface area contributed by atoms with E-state index >= 15 is 0 Å². The monoisotopic (exact) mass is 269 g/mol. The fourth-order valence-corrected chi connectivity index (χ4v) is 1.55. The van der Waals surface area contributed by atoms with Gasteiger partial charge in [-0.2, -0.15) is 0 Å². The minimum absolute atomic E-state index is 0.0233. The van der Waals surface area contributed by atoms with Crippen LogP contribution in [0.15, 0.2) is 18.2 Å². The second kappa shape index (κ2) is 6.17. The molecule has 0 aliphatic carbocycles. The highest BCUT2D eigenvalue weighted by molar-refractivity contribution is 5.96. The Kier molecular flexibility index (Phi) is 4.86. The molecule has 1 atom stereocenters. The molecule has 0 radical (unpaired) electrons. The quantitative estimate of drug-likeness (QED) is 0.852. The minimum Gasteiger partial charge on any atom is -0.494 e. The molecule has 0 bridgehead atoms.